The van der Waals surface area contributed by atoms with Crippen molar-refractivity contribution in [3.63, 3.8) is 0 Å². The number of hydrogen-bond donors (Lipinski definition) is 2. The molecule has 0 saturated heterocycles. The van der Waals surface area contributed by atoms with E-state index in [0.717, 1.165) is 27.0 Å². The molecule has 0 aliphatic rings. The van der Waals surface area contributed by atoms with Crippen molar-refractivity contribution in [3.05, 3.63) is 58.7 Å². The molecule has 0 bridgehead atoms. The molecule has 1 aromatic heterocycles. The van der Waals surface area contributed by atoms with Crippen molar-refractivity contribution in [2.45, 2.75) is 6.54 Å². The molecular weight excluding hydrogens is 436 g/mol. The van der Waals surface area contributed by atoms with Crippen molar-refractivity contribution in [1.29, 1.82) is 0 Å². The lowest BCUT2D eigenvalue weighted by molar-refractivity contribution is -0.115. The maximum atomic E-state index is 12.4. The number of aromatic nitrogens is 2. The maximum absolute atomic E-state index is 12.4. The molecule has 0 aliphatic heterocycles. The lowest BCUT2D eigenvalue weighted by atomic mass is 10.1. The van der Waals surface area contributed by atoms with Crippen LogP contribution in [0.3, 0.4) is 0 Å². The zero-order valence-electron chi connectivity index (χ0n) is 16.5. The summed E-state index contributed by atoms with van der Waals surface area (Å²) in [5, 5.41) is 10.3. The van der Waals surface area contributed by atoms with Crippen LogP contribution in [0.15, 0.2) is 53.1 Å². The molecule has 0 saturated carbocycles. The van der Waals surface area contributed by atoms with E-state index in [9.17, 15) is 4.79 Å². The van der Waals surface area contributed by atoms with E-state index >= 15 is 0 Å². The number of benzene rings is 2. The number of methoxy groups -OCH3 is 2. The van der Waals surface area contributed by atoms with E-state index in [4.69, 9.17) is 9.47 Å². The van der Waals surface area contributed by atoms with Crippen LogP contribution in [0.1, 0.15) is 5.56 Å². The van der Waals surface area contributed by atoms with Crippen LogP contribution in [-0.2, 0) is 18.4 Å². The molecule has 8 heteroatoms. The molecule has 0 aliphatic carbocycles. The SMILES string of the molecule is COc1cccc(CNCC(=O)Nc2ccc(OC)c(-c3c(Br)cnn3C)c2)c1. The van der Waals surface area contributed by atoms with Gasteiger partial charge in [-0.2, -0.15) is 5.10 Å². The molecule has 29 heavy (non-hydrogen) atoms. The summed E-state index contributed by atoms with van der Waals surface area (Å²) in [4.78, 5) is 12.4. The molecule has 3 rings (SSSR count). The Morgan fingerprint density at radius 1 is 1.17 bits per heavy atom. The van der Waals surface area contributed by atoms with Crippen LogP contribution in [0, 0.1) is 0 Å². The Labute approximate surface area is 178 Å². The molecule has 1 amide bonds. The lowest BCUT2D eigenvalue weighted by Crippen LogP contribution is -2.27. The van der Waals surface area contributed by atoms with E-state index in [0.29, 0.717) is 18.0 Å². The fourth-order valence-corrected chi connectivity index (χ4v) is 3.55. The zero-order valence-corrected chi connectivity index (χ0v) is 18.1. The van der Waals surface area contributed by atoms with Crippen LogP contribution in [0.2, 0.25) is 0 Å². The average Bonchev–Trinajstić information content (AvgIpc) is 3.06. The highest BCUT2D eigenvalue weighted by Crippen LogP contribution is 2.36. The van der Waals surface area contributed by atoms with E-state index in [2.05, 4.69) is 31.7 Å². The van der Waals surface area contributed by atoms with E-state index in [-0.39, 0.29) is 12.5 Å². The van der Waals surface area contributed by atoms with Crippen LogP contribution >= 0.6 is 15.9 Å². The number of rotatable bonds is 8. The minimum absolute atomic E-state index is 0.131. The molecule has 152 valence electrons. The first-order valence-corrected chi connectivity index (χ1v) is 9.80. The number of aryl methyl sites for hydroxylation is 1. The Balaban J connectivity index is 1.65. The van der Waals surface area contributed by atoms with Crippen LogP contribution in [0.4, 0.5) is 5.69 Å². The zero-order chi connectivity index (χ0) is 20.8. The molecule has 0 spiro atoms. The minimum Gasteiger partial charge on any atom is -0.497 e. The van der Waals surface area contributed by atoms with Gasteiger partial charge in [0.05, 0.1) is 37.1 Å². The van der Waals surface area contributed by atoms with E-state index in [1.54, 1.807) is 25.1 Å². The van der Waals surface area contributed by atoms with Gasteiger partial charge in [-0.1, -0.05) is 12.1 Å². The van der Waals surface area contributed by atoms with Gasteiger partial charge >= 0.3 is 0 Å². The van der Waals surface area contributed by atoms with Gasteiger partial charge in [-0.15, -0.1) is 0 Å². The number of ether oxygens (including phenoxy) is 2. The van der Waals surface area contributed by atoms with E-state index < -0.39 is 0 Å². The number of hydrogen-bond acceptors (Lipinski definition) is 5. The maximum Gasteiger partial charge on any atom is 0.238 e. The van der Waals surface area contributed by atoms with Gasteiger partial charge in [0.25, 0.3) is 0 Å². The predicted molar refractivity (Wildman–Crippen MR) is 116 cm³/mol. The quantitative estimate of drug-likeness (QED) is 0.539. The molecule has 0 atom stereocenters. The fraction of sp³-hybridized carbons (Fsp3) is 0.238. The van der Waals surface area contributed by atoms with Crippen LogP contribution in [0.25, 0.3) is 11.3 Å². The standard InChI is InChI=1S/C21H23BrN4O3/c1-26-21(18(22)12-24-26)17-10-15(7-8-19(17)29-3)25-20(27)13-23-11-14-5-4-6-16(9-14)28-2/h4-10,12,23H,11,13H2,1-3H3,(H,25,27). The second kappa shape index (κ2) is 9.58. The topological polar surface area (TPSA) is 77.4 Å². The second-order valence-corrected chi connectivity index (χ2v) is 7.24. The van der Waals surface area contributed by atoms with Gasteiger partial charge < -0.3 is 20.1 Å². The van der Waals surface area contributed by atoms with Crippen molar-refractivity contribution in [2.24, 2.45) is 7.05 Å². The summed E-state index contributed by atoms with van der Waals surface area (Å²) in [7, 11) is 5.10. The molecule has 2 N–H and O–H groups in total. The fourth-order valence-electron chi connectivity index (χ4n) is 2.99. The van der Waals surface area contributed by atoms with Gasteiger partial charge in [0.15, 0.2) is 0 Å². The molecule has 1 heterocycles. The second-order valence-electron chi connectivity index (χ2n) is 6.38. The number of anilines is 1. The summed E-state index contributed by atoms with van der Waals surface area (Å²) in [5.41, 5.74) is 3.43. The summed E-state index contributed by atoms with van der Waals surface area (Å²) in [6.45, 7) is 0.758. The number of carbonyl (C=O) groups excluding carboxylic acids is 1. The summed E-state index contributed by atoms with van der Waals surface area (Å²) in [6.07, 6.45) is 1.72. The van der Waals surface area contributed by atoms with E-state index in [1.807, 2.05) is 49.5 Å². The summed E-state index contributed by atoms with van der Waals surface area (Å²) >= 11 is 3.51. The third-order valence-electron chi connectivity index (χ3n) is 4.38. The highest BCUT2D eigenvalue weighted by molar-refractivity contribution is 9.10. The van der Waals surface area contributed by atoms with Crippen LogP contribution < -0.4 is 20.1 Å². The van der Waals surface area contributed by atoms with Crippen molar-refractivity contribution >= 4 is 27.5 Å². The van der Waals surface area contributed by atoms with Crippen molar-refractivity contribution in [2.75, 3.05) is 26.1 Å². The number of halogens is 1. The number of nitrogens with zero attached hydrogens (tertiary/aromatic N) is 2. The lowest BCUT2D eigenvalue weighted by Gasteiger charge is -2.13. The highest BCUT2D eigenvalue weighted by atomic mass is 79.9. The smallest absolute Gasteiger partial charge is 0.238 e. The largest absolute Gasteiger partial charge is 0.497 e. The van der Waals surface area contributed by atoms with Gasteiger partial charge in [0.2, 0.25) is 5.91 Å². The Bertz CT molecular complexity index is 984. The summed E-state index contributed by atoms with van der Waals surface area (Å²) in [5.74, 6) is 1.36. The predicted octanol–water partition coefficient (Wildman–Crippen LogP) is 3.60. The molecule has 2 aromatic carbocycles. The minimum atomic E-state index is -0.131. The first kappa shape index (κ1) is 20.9. The van der Waals surface area contributed by atoms with Crippen molar-refractivity contribution < 1.29 is 14.3 Å². The highest BCUT2D eigenvalue weighted by Gasteiger charge is 2.15. The summed E-state index contributed by atoms with van der Waals surface area (Å²) in [6, 6.07) is 13.2. The van der Waals surface area contributed by atoms with E-state index in [1.165, 1.54) is 0 Å². The average molecular weight is 459 g/mol. The van der Waals surface area contributed by atoms with Gasteiger partial charge in [0.1, 0.15) is 11.5 Å². The molecule has 7 nitrogen and oxygen atoms in total. The van der Waals surface area contributed by atoms with Crippen molar-refractivity contribution in [3.8, 4) is 22.8 Å². The Kier molecular flexibility index (Phi) is 6.90. The van der Waals surface area contributed by atoms with Gasteiger partial charge in [0, 0.05) is 24.8 Å². The third kappa shape index (κ3) is 5.16. The van der Waals surface area contributed by atoms with Crippen molar-refractivity contribution in [1.82, 2.24) is 15.1 Å². The molecule has 0 fully saturated rings. The summed E-state index contributed by atoms with van der Waals surface area (Å²) < 4.78 is 13.3. The Morgan fingerprint density at radius 2 is 2.00 bits per heavy atom. The normalized spacial score (nSPS) is 10.6. The van der Waals surface area contributed by atoms with Crippen LogP contribution in [0.5, 0.6) is 11.5 Å². The molecule has 3 aromatic rings. The molecule has 0 radical (unpaired) electrons. The molecule has 0 unspecified atom stereocenters. The number of amides is 1. The van der Waals surface area contributed by atoms with Crippen LogP contribution in [-0.4, -0.2) is 36.5 Å². The first-order valence-electron chi connectivity index (χ1n) is 9.01. The molecular formula is C21H23BrN4O3. The Hall–Kier alpha value is -2.84. The third-order valence-corrected chi connectivity index (χ3v) is 4.96. The number of nitrogens with one attached hydrogen (secondary N) is 2. The van der Waals surface area contributed by atoms with Gasteiger partial charge in [-0.25, -0.2) is 0 Å². The van der Waals surface area contributed by atoms with Gasteiger partial charge in [-0.3, -0.25) is 9.48 Å². The first-order chi connectivity index (χ1) is 14.0. The van der Waals surface area contributed by atoms with Gasteiger partial charge in [-0.05, 0) is 51.8 Å². The Morgan fingerprint density at radius 3 is 2.69 bits per heavy atom. The number of carbonyl (C=O) groups is 1. The monoisotopic (exact) mass is 458 g/mol.